The van der Waals surface area contributed by atoms with Crippen molar-refractivity contribution in [3.05, 3.63) is 11.8 Å². The second-order valence-corrected chi connectivity index (χ2v) is 13.9. The quantitative estimate of drug-likeness (QED) is 0.448. The smallest absolute Gasteiger partial charge is 0.339 e. The van der Waals surface area contributed by atoms with Gasteiger partial charge in [0, 0.05) is 11.5 Å². The Bertz CT molecular complexity index is 570. The van der Waals surface area contributed by atoms with Crippen molar-refractivity contribution in [2.24, 2.45) is 5.92 Å². The minimum Gasteiger partial charge on any atom is -0.547 e. The Morgan fingerprint density at radius 1 is 1.04 bits per heavy atom. The highest BCUT2D eigenvalue weighted by Crippen LogP contribution is 2.36. The molecule has 160 valence electrons. The molecule has 0 radical (unpaired) electrons. The van der Waals surface area contributed by atoms with Gasteiger partial charge in [-0.1, -0.05) is 0 Å². The fraction of sp³-hybridized carbons (Fsp3) is 0.789. The highest BCUT2D eigenvalue weighted by atomic mass is 32.2. The van der Waals surface area contributed by atoms with Crippen LogP contribution in [0.5, 0.6) is 0 Å². The molecule has 0 spiro atoms. The molecule has 1 saturated heterocycles. The number of carbonyl (C=O) groups is 2. The average molecular weight is 433 g/mol. The van der Waals surface area contributed by atoms with Crippen LogP contribution in [-0.4, -0.2) is 62.5 Å². The van der Waals surface area contributed by atoms with Gasteiger partial charge in [-0.3, -0.25) is 0 Å². The van der Waals surface area contributed by atoms with E-state index in [2.05, 4.69) is 19.6 Å². The van der Waals surface area contributed by atoms with Crippen LogP contribution in [0.3, 0.4) is 0 Å². The molecule has 3 atom stereocenters. The third-order valence-electron chi connectivity index (χ3n) is 3.82. The zero-order chi connectivity index (χ0) is 21.1. The molecule has 0 saturated carbocycles. The molecule has 0 aromatic rings. The van der Waals surface area contributed by atoms with E-state index in [-0.39, 0.29) is 18.1 Å². The highest BCUT2D eigenvalue weighted by molar-refractivity contribution is 7.99. The summed E-state index contributed by atoms with van der Waals surface area (Å²) in [5.41, 5.74) is 0. The van der Waals surface area contributed by atoms with Crippen LogP contribution in [0.1, 0.15) is 27.7 Å². The lowest BCUT2D eigenvalue weighted by molar-refractivity contribution is -0.167. The van der Waals surface area contributed by atoms with Crippen LogP contribution in [0.4, 0.5) is 0 Å². The largest absolute Gasteiger partial charge is 0.547 e. The lowest BCUT2D eigenvalue weighted by Crippen LogP contribution is -2.40. The number of thioether (sulfide) groups is 1. The van der Waals surface area contributed by atoms with E-state index < -0.39 is 38.8 Å². The third kappa shape index (κ3) is 6.50. The number of hydrogen-bond donors (Lipinski definition) is 0. The van der Waals surface area contributed by atoms with Gasteiger partial charge in [-0.25, -0.2) is 9.59 Å². The lowest BCUT2D eigenvalue weighted by Gasteiger charge is -2.32. The summed E-state index contributed by atoms with van der Waals surface area (Å²) in [6.45, 7) is 13.3. The Balaban J connectivity index is 2.21. The Morgan fingerprint density at radius 2 is 1.54 bits per heavy atom. The van der Waals surface area contributed by atoms with Crippen LogP contribution < -0.4 is 0 Å². The van der Waals surface area contributed by atoms with E-state index >= 15 is 0 Å². The van der Waals surface area contributed by atoms with E-state index in [1.165, 1.54) is 0 Å². The molecule has 2 aliphatic heterocycles. The van der Waals surface area contributed by atoms with Crippen LogP contribution in [0, 0.1) is 5.92 Å². The predicted octanol–water partition coefficient (Wildman–Crippen LogP) is 3.10. The van der Waals surface area contributed by atoms with Crippen molar-refractivity contribution in [3.63, 3.8) is 0 Å². The van der Waals surface area contributed by atoms with Crippen LogP contribution in [-0.2, 0) is 33.0 Å². The van der Waals surface area contributed by atoms with E-state index in [9.17, 15) is 9.59 Å². The summed E-state index contributed by atoms with van der Waals surface area (Å²) in [7, 11) is -1.83. The molecule has 2 heterocycles. The monoisotopic (exact) mass is 432 g/mol. The summed E-state index contributed by atoms with van der Waals surface area (Å²) in [5, 5.41) is 0. The summed E-state index contributed by atoms with van der Waals surface area (Å²) < 4.78 is 28.6. The van der Waals surface area contributed by atoms with E-state index in [0.29, 0.717) is 0 Å². The molecule has 0 aliphatic carbocycles. The average Bonchev–Trinajstić information content (AvgIpc) is 2.98. The molecule has 0 amide bonds. The molecule has 9 heteroatoms. The predicted molar refractivity (Wildman–Crippen MR) is 109 cm³/mol. The summed E-state index contributed by atoms with van der Waals surface area (Å²) in [5.74, 6) is 0.944. The van der Waals surface area contributed by atoms with Gasteiger partial charge in [-0.15, -0.1) is 0 Å². The second kappa shape index (κ2) is 9.64. The molecule has 0 N–H and O–H groups in total. The van der Waals surface area contributed by atoms with E-state index in [4.69, 9.17) is 23.4 Å². The van der Waals surface area contributed by atoms with Crippen LogP contribution in [0.25, 0.3) is 0 Å². The first-order valence-corrected chi connectivity index (χ1v) is 14.2. The van der Waals surface area contributed by atoms with E-state index in [0.717, 1.165) is 17.3 Å². The Labute approximate surface area is 172 Å². The summed E-state index contributed by atoms with van der Waals surface area (Å²) in [6.07, 6.45) is -1.70. The molecule has 0 bridgehead atoms. The fourth-order valence-electron chi connectivity index (χ4n) is 2.86. The van der Waals surface area contributed by atoms with Gasteiger partial charge in [0.05, 0.1) is 23.9 Å². The van der Waals surface area contributed by atoms with Crippen molar-refractivity contribution in [3.8, 4) is 0 Å². The first-order chi connectivity index (χ1) is 13.0. The molecule has 2 aliphatic rings. The second-order valence-electron chi connectivity index (χ2n) is 8.42. The van der Waals surface area contributed by atoms with E-state index in [1.54, 1.807) is 39.5 Å². The van der Waals surface area contributed by atoms with Gasteiger partial charge in [-0.2, -0.15) is 11.8 Å². The van der Waals surface area contributed by atoms with Crippen LogP contribution in [0.15, 0.2) is 11.8 Å². The number of esters is 2. The fourth-order valence-corrected chi connectivity index (χ4v) is 4.80. The Hall–Kier alpha value is -1.03. The molecule has 7 nitrogen and oxygen atoms in total. The molecule has 28 heavy (non-hydrogen) atoms. The normalized spacial score (nSPS) is 26.3. The zero-order valence-electron chi connectivity index (χ0n) is 17.7. The number of rotatable bonds is 7. The molecular formula is C19H32O7SSi. The van der Waals surface area contributed by atoms with Crippen LogP contribution >= 0.6 is 11.8 Å². The maximum absolute atomic E-state index is 12.5. The molecule has 1 fully saturated rings. The summed E-state index contributed by atoms with van der Waals surface area (Å²) in [4.78, 5) is 25.0. The molecular weight excluding hydrogens is 400 g/mol. The van der Waals surface area contributed by atoms with Gasteiger partial charge in [0.15, 0.2) is 18.5 Å². The highest BCUT2D eigenvalue weighted by Gasteiger charge is 2.51. The van der Waals surface area contributed by atoms with Gasteiger partial charge in [0.25, 0.3) is 0 Å². The molecule has 2 rings (SSSR count). The Morgan fingerprint density at radius 3 is 1.96 bits per heavy atom. The van der Waals surface area contributed by atoms with E-state index in [1.807, 2.05) is 6.08 Å². The third-order valence-corrected chi connectivity index (χ3v) is 5.67. The van der Waals surface area contributed by atoms with Gasteiger partial charge in [-0.05, 0) is 53.4 Å². The summed E-state index contributed by atoms with van der Waals surface area (Å²) in [6, 6.07) is 0. The number of carbonyl (C=O) groups excluding carboxylic acids is 2. The first kappa shape index (κ1) is 23.2. The molecule has 0 aromatic heterocycles. The van der Waals surface area contributed by atoms with Gasteiger partial charge in [0.2, 0.25) is 8.32 Å². The number of ether oxygens (including phenoxy) is 4. The van der Waals surface area contributed by atoms with Crippen molar-refractivity contribution in [2.75, 3.05) is 11.5 Å². The summed E-state index contributed by atoms with van der Waals surface area (Å²) >= 11 is 1.73. The van der Waals surface area contributed by atoms with Crippen molar-refractivity contribution in [2.45, 2.75) is 78.0 Å². The van der Waals surface area contributed by atoms with Crippen molar-refractivity contribution >= 4 is 32.0 Å². The van der Waals surface area contributed by atoms with Crippen molar-refractivity contribution in [1.29, 1.82) is 0 Å². The van der Waals surface area contributed by atoms with Gasteiger partial charge < -0.3 is 23.4 Å². The lowest BCUT2D eigenvalue weighted by atomic mass is 10.1. The van der Waals surface area contributed by atoms with Crippen molar-refractivity contribution < 1.29 is 33.0 Å². The SMILES string of the molecule is CC(C)OC(=O)[C@@H]1OC([C@H]2CSCC=C2O[Si](C)(C)C)O[C@H]1C(=O)OC(C)C. The minimum atomic E-state index is -1.83. The van der Waals surface area contributed by atoms with Crippen LogP contribution in [0.2, 0.25) is 19.6 Å². The first-order valence-electron chi connectivity index (χ1n) is 9.66. The number of hydrogen-bond acceptors (Lipinski definition) is 8. The maximum atomic E-state index is 12.5. The topological polar surface area (TPSA) is 80.3 Å². The molecule has 0 unspecified atom stereocenters. The van der Waals surface area contributed by atoms with Crippen molar-refractivity contribution in [1.82, 2.24) is 0 Å². The van der Waals surface area contributed by atoms with Gasteiger partial charge >= 0.3 is 11.9 Å². The minimum absolute atomic E-state index is 0.198. The Kier molecular flexibility index (Phi) is 8.01. The zero-order valence-corrected chi connectivity index (χ0v) is 19.5. The molecule has 0 aromatic carbocycles. The van der Waals surface area contributed by atoms with Gasteiger partial charge in [0.1, 0.15) is 0 Å². The standard InChI is InChI=1S/C19H32O7SSi/c1-11(2)22-17(20)15-16(18(21)23-12(3)4)25-19(24-15)13-10-27-9-8-14(13)26-28(5,6)7/h8,11-13,15-16,19H,9-10H2,1-7H3/t13-,15+,16+/m0/s1. The maximum Gasteiger partial charge on any atom is 0.339 e.